The second-order valence-electron chi connectivity index (χ2n) is 9.81. The molecule has 3 rings (SSSR count). The van der Waals surface area contributed by atoms with Crippen LogP contribution in [-0.4, -0.2) is 53.4 Å². The number of benzene rings is 1. The van der Waals surface area contributed by atoms with Crippen LogP contribution in [0.1, 0.15) is 86.7 Å². The van der Waals surface area contributed by atoms with Crippen LogP contribution in [0.25, 0.3) is 0 Å². The van der Waals surface area contributed by atoms with E-state index in [0.29, 0.717) is 24.2 Å². The molecule has 2 heterocycles. The summed E-state index contributed by atoms with van der Waals surface area (Å²) in [6.07, 6.45) is 1.81. The number of rotatable bonds is 8. The van der Waals surface area contributed by atoms with E-state index in [1.807, 2.05) is 33.8 Å². The van der Waals surface area contributed by atoms with Gasteiger partial charge in [0.05, 0.1) is 35.0 Å². The molecular weight excluding hydrogens is 482 g/mol. The number of hydrogen-bond donors (Lipinski definition) is 2. The predicted octanol–water partition coefficient (Wildman–Crippen LogP) is 3.93. The number of carbonyl (C=O) groups is 2. The standard InChI is InChI=1S/C26H35N3O6S/c1-6-23-20-10-8-17(14-18(20)16-29(23)25(32)35-26(3,4)5)24(31)28-22(12-13-30)21-11-9-19(15-27-21)36(33,34)7-2/h8-11,14-15,22-23,30H,6-7,12-13,16H2,1-5H3,(H,28,31)/t22-,23-/m0/s1. The lowest BCUT2D eigenvalue weighted by Crippen LogP contribution is -2.35. The first-order chi connectivity index (χ1) is 16.9. The lowest BCUT2D eigenvalue weighted by atomic mass is 10.00. The number of hydrogen-bond acceptors (Lipinski definition) is 7. The molecule has 1 aromatic heterocycles. The van der Waals surface area contributed by atoms with Crippen molar-refractivity contribution in [1.82, 2.24) is 15.2 Å². The summed E-state index contributed by atoms with van der Waals surface area (Å²) in [5.74, 6) is -0.389. The molecule has 2 N–H and O–H groups in total. The third-order valence-electron chi connectivity index (χ3n) is 6.07. The summed E-state index contributed by atoms with van der Waals surface area (Å²) in [6.45, 7) is 9.20. The van der Waals surface area contributed by atoms with Gasteiger partial charge in [0.25, 0.3) is 5.91 Å². The molecule has 2 atom stereocenters. The summed E-state index contributed by atoms with van der Waals surface area (Å²) in [6, 6.07) is 7.65. The van der Waals surface area contributed by atoms with E-state index in [9.17, 15) is 23.1 Å². The maximum atomic E-state index is 13.1. The first-order valence-corrected chi connectivity index (χ1v) is 13.8. The van der Waals surface area contributed by atoms with Crippen LogP contribution in [0, 0.1) is 0 Å². The molecule has 2 amide bonds. The maximum absolute atomic E-state index is 13.1. The molecule has 0 bridgehead atoms. The van der Waals surface area contributed by atoms with E-state index in [-0.39, 0.29) is 41.7 Å². The highest BCUT2D eigenvalue weighted by Gasteiger charge is 2.35. The zero-order valence-electron chi connectivity index (χ0n) is 21.4. The second-order valence-corrected chi connectivity index (χ2v) is 12.1. The quantitative estimate of drug-likeness (QED) is 0.543. The number of nitrogens with one attached hydrogen (secondary N) is 1. The molecule has 1 aliphatic heterocycles. The molecular formula is C26H35N3O6S. The minimum absolute atomic E-state index is 0.0343. The highest BCUT2D eigenvalue weighted by atomic mass is 32.2. The molecule has 10 heteroatoms. The molecule has 0 unspecified atom stereocenters. The number of aromatic nitrogens is 1. The van der Waals surface area contributed by atoms with Crippen LogP contribution in [0.2, 0.25) is 0 Å². The predicted molar refractivity (Wildman–Crippen MR) is 135 cm³/mol. The lowest BCUT2D eigenvalue weighted by molar-refractivity contribution is 0.0168. The van der Waals surface area contributed by atoms with Gasteiger partial charge in [-0.25, -0.2) is 13.2 Å². The molecule has 0 aliphatic carbocycles. The molecule has 1 aliphatic rings. The summed E-state index contributed by atoms with van der Waals surface area (Å²) >= 11 is 0. The Morgan fingerprint density at radius 2 is 1.94 bits per heavy atom. The van der Waals surface area contributed by atoms with Crippen molar-refractivity contribution in [3.63, 3.8) is 0 Å². The Balaban J connectivity index is 1.79. The normalized spacial score (nSPS) is 16.4. The number of sulfone groups is 1. The van der Waals surface area contributed by atoms with E-state index in [1.54, 1.807) is 30.0 Å². The zero-order chi connectivity index (χ0) is 26.7. The van der Waals surface area contributed by atoms with Crippen LogP contribution >= 0.6 is 0 Å². The Bertz CT molecular complexity index is 1210. The summed E-state index contributed by atoms with van der Waals surface area (Å²) in [7, 11) is -3.39. The van der Waals surface area contributed by atoms with Gasteiger partial charge in [0.15, 0.2) is 9.84 Å². The van der Waals surface area contributed by atoms with Gasteiger partial charge in [-0.05, 0) is 69.0 Å². The molecule has 9 nitrogen and oxygen atoms in total. The van der Waals surface area contributed by atoms with Crippen molar-refractivity contribution in [3.8, 4) is 0 Å². The van der Waals surface area contributed by atoms with Gasteiger partial charge in [0, 0.05) is 18.4 Å². The third kappa shape index (κ3) is 6.22. The first kappa shape index (κ1) is 27.6. The Hall–Kier alpha value is -2.98. The molecule has 0 spiro atoms. The molecule has 196 valence electrons. The average Bonchev–Trinajstić information content (AvgIpc) is 3.21. The van der Waals surface area contributed by atoms with Gasteiger partial charge in [-0.1, -0.05) is 19.9 Å². The van der Waals surface area contributed by atoms with E-state index in [4.69, 9.17) is 4.74 Å². The van der Waals surface area contributed by atoms with Crippen molar-refractivity contribution < 1.29 is 27.9 Å². The van der Waals surface area contributed by atoms with Crippen LogP contribution in [0.4, 0.5) is 4.79 Å². The number of pyridine rings is 1. The molecule has 36 heavy (non-hydrogen) atoms. The second kappa shape index (κ2) is 11.0. The Kier molecular flexibility index (Phi) is 8.40. The van der Waals surface area contributed by atoms with Gasteiger partial charge < -0.3 is 15.2 Å². The maximum Gasteiger partial charge on any atom is 0.411 e. The monoisotopic (exact) mass is 517 g/mol. The van der Waals surface area contributed by atoms with Gasteiger partial charge >= 0.3 is 6.09 Å². The van der Waals surface area contributed by atoms with E-state index >= 15 is 0 Å². The van der Waals surface area contributed by atoms with E-state index in [2.05, 4.69) is 10.3 Å². The minimum Gasteiger partial charge on any atom is -0.444 e. The first-order valence-electron chi connectivity index (χ1n) is 12.1. The lowest BCUT2D eigenvalue weighted by Gasteiger charge is -2.28. The number of ether oxygens (including phenoxy) is 1. The van der Waals surface area contributed by atoms with Gasteiger partial charge in [-0.15, -0.1) is 0 Å². The smallest absolute Gasteiger partial charge is 0.411 e. The molecule has 2 aromatic rings. The van der Waals surface area contributed by atoms with Crippen molar-refractivity contribution in [1.29, 1.82) is 0 Å². The number of aliphatic hydroxyl groups excluding tert-OH is 1. The number of fused-ring (bicyclic) bond motifs is 1. The van der Waals surface area contributed by atoms with Crippen LogP contribution in [0.15, 0.2) is 41.4 Å². The minimum atomic E-state index is -3.39. The highest BCUT2D eigenvalue weighted by molar-refractivity contribution is 7.91. The summed E-state index contributed by atoms with van der Waals surface area (Å²) in [5.41, 5.74) is 2.13. The van der Waals surface area contributed by atoms with Crippen LogP contribution in [0.5, 0.6) is 0 Å². The van der Waals surface area contributed by atoms with Gasteiger partial charge in [0.1, 0.15) is 5.60 Å². The SMILES string of the molecule is CC[C@H]1c2ccc(C(=O)N[C@@H](CCO)c3ccc(S(=O)(=O)CC)cn3)cc2CN1C(=O)OC(C)(C)C. The topological polar surface area (TPSA) is 126 Å². The number of amides is 2. The van der Waals surface area contributed by atoms with Crippen molar-refractivity contribution >= 4 is 21.8 Å². The molecule has 0 fully saturated rings. The van der Waals surface area contributed by atoms with E-state index in [0.717, 1.165) is 11.1 Å². The van der Waals surface area contributed by atoms with Crippen molar-refractivity contribution in [2.75, 3.05) is 12.4 Å². The molecule has 0 saturated heterocycles. The van der Waals surface area contributed by atoms with Crippen molar-refractivity contribution in [2.24, 2.45) is 0 Å². The fourth-order valence-corrected chi connectivity index (χ4v) is 5.06. The van der Waals surface area contributed by atoms with Crippen LogP contribution in [-0.2, 0) is 21.1 Å². The fraction of sp³-hybridized carbons (Fsp3) is 0.500. The third-order valence-corrected chi connectivity index (χ3v) is 7.79. The number of aliphatic hydroxyl groups is 1. The number of nitrogens with zero attached hydrogens (tertiary/aromatic N) is 2. The zero-order valence-corrected chi connectivity index (χ0v) is 22.3. The Labute approximate surface area is 212 Å². The summed E-state index contributed by atoms with van der Waals surface area (Å²) in [4.78, 5) is 31.9. The molecule has 0 saturated carbocycles. The van der Waals surface area contributed by atoms with E-state index < -0.39 is 21.5 Å². The van der Waals surface area contributed by atoms with Gasteiger partial charge in [-0.3, -0.25) is 14.7 Å². The summed E-state index contributed by atoms with van der Waals surface area (Å²) < 4.78 is 29.7. The van der Waals surface area contributed by atoms with Crippen molar-refractivity contribution in [3.05, 3.63) is 58.9 Å². The number of carbonyl (C=O) groups excluding carboxylic acids is 2. The Morgan fingerprint density at radius 1 is 1.22 bits per heavy atom. The molecule has 1 aromatic carbocycles. The average molecular weight is 518 g/mol. The Morgan fingerprint density at radius 3 is 2.50 bits per heavy atom. The fourth-order valence-electron chi connectivity index (χ4n) is 4.24. The summed E-state index contributed by atoms with van der Waals surface area (Å²) in [5, 5.41) is 12.4. The van der Waals surface area contributed by atoms with Crippen LogP contribution < -0.4 is 5.32 Å². The van der Waals surface area contributed by atoms with Gasteiger partial charge in [0.2, 0.25) is 0 Å². The van der Waals surface area contributed by atoms with Crippen LogP contribution in [0.3, 0.4) is 0 Å². The van der Waals surface area contributed by atoms with E-state index in [1.165, 1.54) is 12.3 Å². The highest BCUT2D eigenvalue weighted by Crippen LogP contribution is 2.37. The molecule has 0 radical (unpaired) electrons. The van der Waals surface area contributed by atoms with Crippen molar-refractivity contribution in [2.45, 2.75) is 76.6 Å². The van der Waals surface area contributed by atoms with Gasteiger partial charge in [-0.2, -0.15) is 0 Å². The largest absolute Gasteiger partial charge is 0.444 e.